The number of thiazole rings is 1. The third kappa shape index (κ3) is 3.41. The first kappa shape index (κ1) is 17.2. The molecule has 1 aliphatic heterocycles. The van der Waals surface area contributed by atoms with Gasteiger partial charge in [-0.05, 0) is 25.1 Å². The molecule has 4 rings (SSSR count). The number of nitrogens with zero attached hydrogens (tertiary/aromatic N) is 2. The maximum atomic E-state index is 12.4. The predicted molar refractivity (Wildman–Crippen MR) is 97.7 cm³/mol. The van der Waals surface area contributed by atoms with Gasteiger partial charge in [0, 0.05) is 18.6 Å². The topological polar surface area (TPSA) is 104 Å². The molecule has 0 fully saturated rings. The number of hydrogen-bond donors (Lipinski definition) is 1. The second-order valence-corrected chi connectivity index (χ2v) is 6.88. The highest BCUT2D eigenvalue weighted by Crippen LogP contribution is 2.34. The van der Waals surface area contributed by atoms with Gasteiger partial charge in [-0.15, -0.1) is 0 Å². The van der Waals surface area contributed by atoms with Crippen molar-refractivity contribution in [3.63, 3.8) is 0 Å². The van der Waals surface area contributed by atoms with Gasteiger partial charge in [0.15, 0.2) is 33.9 Å². The summed E-state index contributed by atoms with van der Waals surface area (Å²) < 4.78 is 16.3. The highest BCUT2D eigenvalue weighted by Gasteiger charge is 2.19. The lowest BCUT2D eigenvalue weighted by molar-refractivity contribution is 0.101. The van der Waals surface area contributed by atoms with Crippen LogP contribution in [0.4, 0.5) is 5.13 Å². The monoisotopic (exact) mass is 385 g/mol. The first-order valence-corrected chi connectivity index (χ1v) is 8.99. The molecule has 0 saturated heterocycles. The van der Waals surface area contributed by atoms with Crippen molar-refractivity contribution in [3.8, 4) is 22.8 Å². The molecule has 1 aromatic carbocycles. The number of carbonyl (C=O) groups excluding carboxylic acids is 2. The molecule has 0 atom stereocenters. The number of fused-ring (bicyclic) bond motifs is 1. The molecule has 3 aromatic rings. The van der Waals surface area contributed by atoms with E-state index in [2.05, 4.69) is 15.5 Å². The molecule has 138 valence electrons. The van der Waals surface area contributed by atoms with Crippen molar-refractivity contribution < 1.29 is 23.6 Å². The molecule has 0 spiro atoms. The Bertz CT molecular complexity index is 1040. The minimum atomic E-state index is -0.466. The van der Waals surface area contributed by atoms with E-state index in [4.69, 9.17) is 14.0 Å². The third-order valence-electron chi connectivity index (χ3n) is 3.91. The van der Waals surface area contributed by atoms with Crippen LogP contribution in [0.1, 0.15) is 32.8 Å². The van der Waals surface area contributed by atoms with E-state index in [1.54, 1.807) is 25.1 Å². The SMILES string of the molecule is CC(=O)c1sc(NC(=O)c2cc(-c3ccc4c(c3)OCCO4)on2)nc1C. The lowest BCUT2D eigenvalue weighted by atomic mass is 10.1. The lowest BCUT2D eigenvalue weighted by Crippen LogP contribution is -2.15. The molecule has 27 heavy (non-hydrogen) atoms. The molecule has 0 radical (unpaired) electrons. The number of ketones is 1. The molecule has 1 N–H and O–H groups in total. The smallest absolute Gasteiger partial charge is 0.279 e. The van der Waals surface area contributed by atoms with Gasteiger partial charge < -0.3 is 14.0 Å². The van der Waals surface area contributed by atoms with Crippen LogP contribution in [-0.2, 0) is 0 Å². The highest BCUT2D eigenvalue weighted by molar-refractivity contribution is 7.17. The van der Waals surface area contributed by atoms with E-state index in [9.17, 15) is 9.59 Å². The molecule has 9 heteroatoms. The number of nitrogens with one attached hydrogen (secondary N) is 1. The Morgan fingerprint density at radius 2 is 1.93 bits per heavy atom. The quantitative estimate of drug-likeness (QED) is 0.687. The summed E-state index contributed by atoms with van der Waals surface area (Å²) in [5, 5.41) is 6.79. The summed E-state index contributed by atoms with van der Waals surface area (Å²) in [5.74, 6) is 1.16. The predicted octanol–water partition coefficient (Wildman–Crippen LogP) is 3.33. The first-order valence-electron chi connectivity index (χ1n) is 8.17. The molecule has 2 aromatic heterocycles. The molecule has 1 aliphatic rings. The molecular weight excluding hydrogens is 370 g/mol. The number of benzene rings is 1. The number of rotatable bonds is 4. The fourth-order valence-corrected chi connectivity index (χ4v) is 3.51. The Labute approximate surface area is 158 Å². The second-order valence-electron chi connectivity index (χ2n) is 5.88. The standard InChI is InChI=1S/C18H15N3O5S/c1-9-16(10(2)22)27-18(19-9)20-17(23)12-8-14(26-21-12)11-3-4-13-15(7-11)25-6-5-24-13/h3-4,7-8H,5-6H2,1-2H3,(H,19,20,23). The van der Waals surface area contributed by atoms with E-state index in [-0.39, 0.29) is 11.5 Å². The van der Waals surface area contributed by atoms with Crippen LogP contribution >= 0.6 is 11.3 Å². The number of anilines is 1. The number of ether oxygens (including phenoxy) is 2. The minimum Gasteiger partial charge on any atom is -0.486 e. The second kappa shape index (κ2) is 6.84. The lowest BCUT2D eigenvalue weighted by Gasteiger charge is -2.18. The Morgan fingerprint density at radius 1 is 1.15 bits per heavy atom. The average molecular weight is 385 g/mol. The fourth-order valence-electron chi connectivity index (χ4n) is 2.65. The molecule has 0 aliphatic carbocycles. The molecule has 3 heterocycles. The van der Waals surface area contributed by atoms with E-state index in [1.807, 2.05) is 0 Å². The van der Waals surface area contributed by atoms with Crippen LogP contribution in [0.2, 0.25) is 0 Å². The van der Waals surface area contributed by atoms with Gasteiger partial charge in [-0.1, -0.05) is 16.5 Å². The largest absolute Gasteiger partial charge is 0.486 e. The third-order valence-corrected chi connectivity index (χ3v) is 5.08. The number of aromatic nitrogens is 2. The number of amides is 1. The van der Waals surface area contributed by atoms with Crippen molar-refractivity contribution in [3.05, 3.63) is 40.5 Å². The molecule has 0 bridgehead atoms. The van der Waals surface area contributed by atoms with Crippen molar-refractivity contribution >= 4 is 28.2 Å². The van der Waals surface area contributed by atoms with Crippen LogP contribution in [0.5, 0.6) is 11.5 Å². The normalized spacial score (nSPS) is 12.7. The summed E-state index contributed by atoms with van der Waals surface area (Å²) >= 11 is 1.13. The van der Waals surface area contributed by atoms with Gasteiger partial charge in [0.25, 0.3) is 5.91 Å². The summed E-state index contributed by atoms with van der Waals surface area (Å²) in [7, 11) is 0. The summed E-state index contributed by atoms with van der Waals surface area (Å²) in [6.07, 6.45) is 0. The Balaban J connectivity index is 1.53. The van der Waals surface area contributed by atoms with Crippen molar-refractivity contribution in [1.82, 2.24) is 10.1 Å². The van der Waals surface area contributed by atoms with E-state index in [1.165, 1.54) is 13.0 Å². The Morgan fingerprint density at radius 3 is 2.67 bits per heavy atom. The van der Waals surface area contributed by atoms with Crippen molar-refractivity contribution in [2.75, 3.05) is 18.5 Å². The van der Waals surface area contributed by atoms with E-state index >= 15 is 0 Å². The minimum absolute atomic E-state index is 0.0900. The van der Waals surface area contributed by atoms with Gasteiger partial charge in [-0.2, -0.15) is 0 Å². The number of hydrogen-bond acceptors (Lipinski definition) is 8. The zero-order valence-electron chi connectivity index (χ0n) is 14.6. The Kier molecular flexibility index (Phi) is 4.36. The van der Waals surface area contributed by atoms with Crippen LogP contribution in [0.15, 0.2) is 28.8 Å². The molecule has 8 nitrogen and oxygen atoms in total. The summed E-state index contributed by atoms with van der Waals surface area (Å²) in [4.78, 5) is 28.6. The van der Waals surface area contributed by atoms with Gasteiger partial charge in [-0.25, -0.2) is 4.98 Å². The van der Waals surface area contributed by atoms with Crippen LogP contribution in [0.3, 0.4) is 0 Å². The highest BCUT2D eigenvalue weighted by atomic mass is 32.1. The summed E-state index contributed by atoms with van der Waals surface area (Å²) in [6, 6.07) is 6.90. The average Bonchev–Trinajstić information content (AvgIpc) is 3.28. The van der Waals surface area contributed by atoms with E-state index < -0.39 is 5.91 Å². The van der Waals surface area contributed by atoms with Crippen LogP contribution in [0.25, 0.3) is 11.3 Å². The van der Waals surface area contributed by atoms with Crippen molar-refractivity contribution in [2.45, 2.75) is 13.8 Å². The summed E-state index contributed by atoms with van der Waals surface area (Å²) in [5.41, 5.74) is 1.41. The Hall–Kier alpha value is -3.20. The van der Waals surface area contributed by atoms with E-state index in [0.29, 0.717) is 46.2 Å². The van der Waals surface area contributed by atoms with Crippen LogP contribution < -0.4 is 14.8 Å². The first-order chi connectivity index (χ1) is 13.0. The van der Waals surface area contributed by atoms with Gasteiger partial charge in [-0.3, -0.25) is 14.9 Å². The fraction of sp³-hybridized carbons (Fsp3) is 0.222. The number of Topliss-reactive ketones (excluding diaryl/α,β-unsaturated/α-hetero) is 1. The van der Waals surface area contributed by atoms with Gasteiger partial charge in [0.1, 0.15) is 13.2 Å². The van der Waals surface area contributed by atoms with Gasteiger partial charge in [0.2, 0.25) is 0 Å². The van der Waals surface area contributed by atoms with Gasteiger partial charge >= 0.3 is 0 Å². The molecule has 0 unspecified atom stereocenters. The zero-order chi connectivity index (χ0) is 19.0. The zero-order valence-corrected chi connectivity index (χ0v) is 15.4. The number of carbonyl (C=O) groups is 2. The number of aryl methyl sites for hydroxylation is 1. The van der Waals surface area contributed by atoms with E-state index in [0.717, 1.165) is 16.9 Å². The van der Waals surface area contributed by atoms with Crippen molar-refractivity contribution in [1.29, 1.82) is 0 Å². The maximum Gasteiger partial charge on any atom is 0.279 e. The van der Waals surface area contributed by atoms with Crippen LogP contribution in [0, 0.1) is 6.92 Å². The maximum absolute atomic E-state index is 12.4. The van der Waals surface area contributed by atoms with Gasteiger partial charge in [0.05, 0.1) is 10.6 Å². The van der Waals surface area contributed by atoms with Crippen molar-refractivity contribution in [2.24, 2.45) is 0 Å². The molecular formula is C18H15N3O5S. The summed E-state index contributed by atoms with van der Waals surface area (Å²) in [6.45, 7) is 4.18. The van der Waals surface area contributed by atoms with Crippen LogP contribution in [-0.4, -0.2) is 35.0 Å². The molecule has 1 amide bonds. The molecule has 0 saturated carbocycles.